The Morgan fingerprint density at radius 1 is 0.690 bits per heavy atom. The van der Waals surface area contributed by atoms with Crippen LogP contribution in [0.2, 0.25) is 0 Å². The molecule has 0 fully saturated rings. The number of rotatable bonds is 5. The number of benzene rings is 2. The van der Waals surface area contributed by atoms with Gasteiger partial charge in [-0.15, -0.1) is 0 Å². The highest BCUT2D eigenvalue weighted by molar-refractivity contribution is 7.76. The maximum Gasteiger partial charge on any atom is 0.416 e. The van der Waals surface area contributed by atoms with Crippen LogP contribution < -0.4 is 10.6 Å². The lowest BCUT2D eigenvalue weighted by Crippen LogP contribution is -2.25. The molecule has 0 aromatic heterocycles. The predicted molar refractivity (Wildman–Crippen MR) is 132 cm³/mol. The number of hydrogen-bond donors (Lipinski definition) is 0. The van der Waals surface area contributed by atoms with E-state index in [1.54, 1.807) is 0 Å². The summed E-state index contributed by atoms with van der Waals surface area (Å²) >= 11 is 0. The topological polar surface area (TPSA) is 21.6 Å². The molecule has 2 nitrogen and oxygen atoms in total. The molecule has 1 aliphatic heterocycles. The third-order valence-electron chi connectivity index (χ3n) is 6.54. The van der Waals surface area contributed by atoms with Crippen LogP contribution in [0.25, 0.3) is 0 Å². The van der Waals surface area contributed by atoms with E-state index in [-0.39, 0.29) is 41.9 Å². The van der Waals surface area contributed by atoms with Crippen LogP contribution in [0.4, 0.5) is 52.7 Å². The van der Waals surface area contributed by atoms with Gasteiger partial charge in [-0.1, -0.05) is 32.1 Å². The number of alkyl halides is 12. The summed E-state index contributed by atoms with van der Waals surface area (Å²) in [5, 5.41) is -1.55. The molecule has 1 aliphatic carbocycles. The summed E-state index contributed by atoms with van der Waals surface area (Å²) in [5.41, 5.74) is -7.05. The Morgan fingerprint density at radius 3 is 1.43 bits per heavy atom. The highest BCUT2D eigenvalue weighted by Crippen LogP contribution is 2.52. The molecule has 0 spiro atoms. The maximum absolute atomic E-state index is 13.7. The summed E-state index contributed by atoms with van der Waals surface area (Å²) < 4.78 is 170. The Kier molecular flexibility index (Phi) is 8.29. The van der Waals surface area contributed by atoms with Crippen molar-refractivity contribution in [2.45, 2.75) is 44.6 Å². The summed E-state index contributed by atoms with van der Waals surface area (Å²) in [4.78, 5) is 4.41. The van der Waals surface area contributed by atoms with Gasteiger partial charge in [-0.25, -0.2) is 4.99 Å². The van der Waals surface area contributed by atoms with E-state index < -0.39 is 71.4 Å². The highest BCUT2D eigenvalue weighted by Gasteiger charge is 2.42. The highest BCUT2D eigenvalue weighted by atomic mass is 31.1. The molecule has 2 atom stereocenters. The Balaban J connectivity index is 2.02. The van der Waals surface area contributed by atoms with Crippen molar-refractivity contribution in [3.05, 3.63) is 82.2 Å². The minimum Gasteiger partial charge on any atom is -0.478 e. The largest absolute Gasteiger partial charge is 0.478 e. The number of allylic oxidation sites excluding steroid dienone is 2. The quantitative estimate of drug-likeness (QED) is 0.239. The summed E-state index contributed by atoms with van der Waals surface area (Å²) in [6.45, 7) is 3.72. The van der Waals surface area contributed by atoms with Crippen molar-refractivity contribution < 1.29 is 57.4 Å². The second kappa shape index (κ2) is 10.9. The lowest BCUT2D eigenvalue weighted by molar-refractivity contribution is -0.144. The lowest BCUT2D eigenvalue weighted by Gasteiger charge is -2.27. The second-order valence-electron chi connectivity index (χ2n) is 9.91. The summed E-state index contributed by atoms with van der Waals surface area (Å²) in [6.07, 6.45) is -17.2. The Labute approximate surface area is 232 Å². The zero-order valence-corrected chi connectivity index (χ0v) is 22.4. The van der Waals surface area contributed by atoms with Crippen LogP contribution in [-0.4, -0.2) is 18.5 Å². The molecule has 4 rings (SSSR count). The molecule has 0 radical (unpaired) electrons. The Morgan fingerprint density at radius 2 is 1.10 bits per heavy atom. The Bertz CT molecular complexity index is 1290. The SMILES string of the molecule is CC(C)C1COC(C2C=CC=C2P(c2cc(C(F)(F)F)cc(C(F)(F)F)c2)c2cc(C(F)(F)F)cc(C(F)(F)F)c2)=N1. The molecule has 2 aromatic rings. The van der Waals surface area contributed by atoms with Gasteiger partial charge >= 0.3 is 24.7 Å². The summed E-state index contributed by atoms with van der Waals surface area (Å²) in [5.74, 6) is -1.07. The van der Waals surface area contributed by atoms with Crippen molar-refractivity contribution in [2.24, 2.45) is 16.8 Å². The molecule has 2 aromatic carbocycles. The molecular formula is C27H20F12NOP. The van der Waals surface area contributed by atoms with E-state index >= 15 is 0 Å². The van der Waals surface area contributed by atoms with Gasteiger partial charge in [0.2, 0.25) is 0 Å². The molecule has 2 unspecified atom stereocenters. The molecule has 2 aliphatic rings. The predicted octanol–water partition coefficient (Wildman–Crippen LogP) is 8.72. The summed E-state index contributed by atoms with van der Waals surface area (Å²) in [6, 6.07) is 0.577. The van der Waals surface area contributed by atoms with Crippen molar-refractivity contribution >= 4 is 24.4 Å². The van der Waals surface area contributed by atoms with Gasteiger partial charge in [0, 0.05) is 0 Å². The van der Waals surface area contributed by atoms with Crippen molar-refractivity contribution in [1.82, 2.24) is 0 Å². The molecule has 1 heterocycles. The molecule has 0 saturated heterocycles. The first-order chi connectivity index (χ1) is 19.2. The first kappa shape index (κ1) is 31.9. The van der Waals surface area contributed by atoms with Gasteiger partial charge in [-0.2, -0.15) is 52.7 Å². The number of halogens is 12. The number of ether oxygens (including phenoxy) is 1. The van der Waals surface area contributed by atoms with Gasteiger partial charge in [0.1, 0.15) is 6.61 Å². The van der Waals surface area contributed by atoms with Crippen LogP contribution in [-0.2, 0) is 29.4 Å². The van der Waals surface area contributed by atoms with Crippen molar-refractivity contribution in [3.63, 3.8) is 0 Å². The molecule has 0 saturated carbocycles. The van der Waals surface area contributed by atoms with E-state index in [1.807, 2.05) is 13.8 Å². The van der Waals surface area contributed by atoms with Crippen LogP contribution in [0.15, 0.2) is 64.9 Å². The van der Waals surface area contributed by atoms with Gasteiger partial charge in [0.05, 0.1) is 34.2 Å². The zero-order valence-electron chi connectivity index (χ0n) is 21.5. The smallest absolute Gasteiger partial charge is 0.416 e. The van der Waals surface area contributed by atoms with Crippen LogP contribution in [0.1, 0.15) is 36.1 Å². The lowest BCUT2D eigenvalue weighted by atomic mass is 10.1. The summed E-state index contributed by atoms with van der Waals surface area (Å²) in [7, 11) is -2.85. The van der Waals surface area contributed by atoms with Crippen LogP contribution in [0, 0.1) is 11.8 Å². The van der Waals surface area contributed by atoms with Crippen LogP contribution in [0.3, 0.4) is 0 Å². The fourth-order valence-electron chi connectivity index (χ4n) is 4.39. The fraction of sp³-hybridized carbons (Fsp3) is 0.370. The standard InChI is InChI=1S/C27H20F12NOP/c1-13(2)21-12-41-23(40-21)20-4-3-5-22(20)42(18-8-14(24(28,29)30)6-15(9-18)25(31,32)33)19-10-16(26(34,35)36)7-17(11-19)27(37,38)39/h3-11,13,20-21H,12H2,1-2H3. The van der Waals surface area contributed by atoms with Gasteiger partial charge in [-0.05, 0) is 66.2 Å². The third-order valence-corrected chi connectivity index (χ3v) is 9.03. The first-order valence-corrected chi connectivity index (χ1v) is 13.5. The third kappa shape index (κ3) is 6.79. The fourth-order valence-corrected chi connectivity index (χ4v) is 7.07. The minimum absolute atomic E-state index is 0.00671. The number of hydrogen-bond acceptors (Lipinski definition) is 2. The molecule has 0 bridgehead atoms. The maximum atomic E-state index is 13.7. The minimum atomic E-state index is -5.31. The van der Waals surface area contributed by atoms with Crippen molar-refractivity contribution in [3.8, 4) is 0 Å². The van der Waals surface area contributed by atoms with E-state index in [9.17, 15) is 52.7 Å². The average Bonchev–Trinajstić information content (AvgIpc) is 3.52. The molecule has 228 valence electrons. The second-order valence-corrected chi connectivity index (χ2v) is 12.1. The normalized spacial score (nSPS) is 19.9. The molecule has 0 N–H and O–H groups in total. The first-order valence-electron chi connectivity index (χ1n) is 12.1. The van der Waals surface area contributed by atoms with E-state index in [4.69, 9.17) is 4.74 Å². The molecule has 15 heteroatoms. The molecule has 0 amide bonds. The van der Waals surface area contributed by atoms with E-state index in [0.29, 0.717) is 24.3 Å². The molecular weight excluding hydrogens is 613 g/mol. The van der Waals surface area contributed by atoms with E-state index in [2.05, 4.69) is 4.99 Å². The Hall–Kier alpha value is -3.02. The zero-order chi connectivity index (χ0) is 31.4. The van der Waals surface area contributed by atoms with Gasteiger partial charge in [-0.3, -0.25) is 0 Å². The number of aliphatic imine (C=N–C) groups is 1. The van der Waals surface area contributed by atoms with Gasteiger partial charge < -0.3 is 4.74 Å². The number of nitrogens with zero attached hydrogens (tertiary/aromatic N) is 1. The van der Waals surface area contributed by atoms with Crippen molar-refractivity contribution in [2.75, 3.05) is 6.61 Å². The average molecular weight is 633 g/mol. The van der Waals surface area contributed by atoms with Gasteiger partial charge in [0.25, 0.3) is 0 Å². The van der Waals surface area contributed by atoms with E-state index in [0.717, 1.165) is 0 Å². The van der Waals surface area contributed by atoms with Crippen molar-refractivity contribution in [1.29, 1.82) is 0 Å². The van der Waals surface area contributed by atoms with Gasteiger partial charge in [0.15, 0.2) is 5.90 Å². The molecule has 42 heavy (non-hydrogen) atoms. The van der Waals surface area contributed by atoms with Crippen LogP contribution >= 0.6 is 7.92 Å². The van der Waals surface area contributed by atoms with Crippen LogP contribution in [0.5, 0.6) is 0 Å². The monoisotopic (exact) mass is 633 g/mol. The van der Waals surface area contributed by atoms with E-state index in [1.165, 1.54) is 18.2 Å².